The van der Waals surface area contributed by atoms with E-state index in [9.17, 15) is 13.2 Å². The highest BCUT2D eigenvalue weighted by Gasteiger charge is 2.24. The molecule has 0 radical (unpaired) electrons. The highest BCUT2D eigenvalue weighted by atomic mass is 127. The van der Waals surface area contributed by atoms with Crippen LogP contribution in [0.1, 0.15) is 10.6 Å². The van der Waals surface area contributed by atoms with E-state index < -0.39 is 21.8 Å². The molecule has 0 bridgehead atoms. The minimum absolute atomic E-state index is 0.159. The number of hydrogen-bond donors (Lipinski definition) is 2. The van der Waals surface area contributed by atoms with Crippen molar-refractivity contribution in [3.05, 3.63) is 44.3 Å². The van der Waals surface area contributed by atoms with Gasteiger partial charge >= 0.3 is 5.97 Å². The molecule has 0 aliphatic heterocycles. The molecule has 9 heteroatoms. The van der Waals surface area contributed by atoms with Crippen molar-refractivity contribution in [1.82, 2.24) is 0 Å². The van der Waals surface area contributed by atoms with E-state index in [1.807, 2.05) is 0 Å². The average molecular weight is 472 g/mol. The number of aromatic carboxylic acids is 1. The van der Waals surface area contributed by atoms with Gasteiger partial charge in [-0.25, -0.2) is 13.2 Å². The maximum absolute atomic E-state index is 12.1. The fourth-order valence-electron chi connectivity index (χ4n) is 1.37. The number of hydrogen-bond acceptors (Lipinski definition) is 4. The van der Waals surface area contributed by atoms with Gasteiger partial charge < -0.3 is 9.52 Å². The van der Waals surface area contributed by atoms with Crippen LogP contribution in [-0.4, -0.2) is 19.5 Å². The fraction of sp³-hybridized carbons (Fsp3) is 0. The Morgan fingerprint density at radius 2 is 1.90 bits per heavy atom. The Morgan fingerprint density at radius 3 is 2.40 bits per heavy atom. The summed E-state index contributed by atoms with van der Waals surface area (Å²) < 4.78 is 32.3. The molecule has 106 valence electrons. The number of carboxylic acids is 1. The molecular weight excluding hydrogens is 465 g/mol. The lowest BCUT2D eigenvalue weighted by atomic mass is 10.3. The van der Waals surface area contributed by atoms with Crippen LogP contribution >= 0.6 is 38.5 Å². The molecule has 0 unspecified atom stereocenters. The summed E-state index contributed by atoms with van der Waals surface area (Å²) in [5, 5.41) is 8.78. The van der Waals surface area contributed by atoms with E-state index in [2.05, 4.69) is 43.2 Å². The largest absolute Gasteiger partial charge is 0.475 e. The van der Waals surface area contributed by atoms with Crippen LogP contribution in [0, 0.1) is 3.57 Å². The topological polar surface area (TPSA) is 96.6 Å². The minimum atomic E-state index is -3.93. The van der Waals surface area contributed by atoms with Gasteiger partial charge in [0, 0.05) is 15.3 Å². The van der Waals surface area contributed by atoms with Crippen LogP contribution in [0.4, 0.5) is 5.69 Å². The van der Waals surface area contributed by atoms with Crippen molar-refractivity contribution in [2.24, 2.45) is 0 Å². The third kappa shape index (κ3) is 3.33. The monoisotopic (exact) mass is 471 g/mol. The number of rotatable bonds is 4. The lowest BCUT2D eigenvalue weighted by Crippen LogP contribution is -2.12. The van der Waals surface area contributed by atoms with Crippen LogP contribution in [-0.2, 0) is 10.0 Å². The van der Waals surface area contributed by atoms with E-state index >= 15 is 0 Å². The van der Waals surface area contributed by atoms with Gasteiger partial charge in [-0.15, -0.1) is 0 Å². The Kier molecular flexibility index (Phi) is 4.39. The van der Waals surface area contributed by atoms with Crippen molar-refractivity contribution in [3.8, 4) is 0 Å². The van der Waals surface area contributed by atoms with Crippen molar-refractivity contribution in [3.63, 3.8) is 0 Å². The third-order valence-corrected chi connectivity index (χ3v) is 5.21. The predicted octanol–water partition coefficient (Wildman–Crippen LogP) is 3.15. The van der Waals surface area contributed by atoms with Crippen molar-refractivity contribution >= 4 is 60.2 Å². The molecule has 0 atom stereocenters. The van der Waals surface area contributed by atoms with E-state index in [0.29, 0.717) is 5.69 Å². The summed E-state index contributed by atoms with van der Waals surface area (Å²) >= 11 is 4.99. The summed E-state index contributed by atoms with van der Waals surface area (Å²) in [7, 11) is -3.93. The maximum atomic E-state index is 12.1. The summed E-state index contributed by atoms with van der Waals surface area (Å²) in [6, 6.07) is 7.63. The first-order valence-electron chi connectivity index (χ1n) is 5.10. The molecular formula is C11H7BrINO5S. The van der Waals surface area contributed by atoms with E-state index in [1.54, 1.807) is 24.3 Å². The number of sulfonamides is 1. The highest BCUT2D eigenvalue weighted by molar-refractivity contribution is 14.1. The smallest absolute Gasteiger partial charge is 0.371 e. The van der Waals surface area contributed by atoms with Gasteiger partial charge in [-0.05, 0) is 62.8 Å². The van der Waals surface area contributed by atoms with Gasteiger partial charge in [0.1, 0.15) is 4.90 Å². The summed E-state index contributed by atoms with van der Waals surface area (Å²) in [6.45, 7) is 0. The number of furan rings is 1. The normalized spacial score (nSPS) is 11.3. The third-order valence-electron chi connectivity index (χ3n) is 2.25. The van der Waals surface area contributed by atoms with Crippen LogP contribution in [0.15, 0.2) is 44.3 Å². The van der Waals surface area contributed by atoms with Crippen LogP contribution in [0.2, 0.25) is 0 Å². The number of benzene rings is 1. The van der Waals surface area contributed by atoms with Gasteiger partial charge in [-0.2, -0.15) is 0 Å². The molecule has 0 aliphatic carbocycles. The predicted molar refractivity (Wildman–Crippen MR) is 83.3 cm³/mol. The Morgan fingerprint density at radius 1 is 1.30 bits per heavy atom. The molecule has 2 N–H and O–H groups in total. The first kappa shape index (κ1) is 15.3. The summed E-state index contributed by atoms with van der Waals surface area (Å²) in [5.74, 6) is -1.80. The Bertz CT molecular complexity index is 754. The Hall–Kier alpha value is -1.07. The van der Waals surface area contributed by atoms with Crippen molar-refractivity contribution in [2.75, 3.05) is 4.72 Å². The van der Waals surface area contributed by atoms with E-state index in [0.717, 1.165) is 9.64 Å². The van der Waals surface area contributed by atoms with Crippen LogP contribution in [0.3, 0.4) is 0 Å². The zero-order valence-corrected chi connectivity index (χ0v) is 14.2. The molecule has 0 aliphatic rings. The van der Waals surface area contributed by atoms with Gasteiger partial charge in [0.05, 0.1) is 0 Å². The molecule has 0 fully saturated rings. The van der Waals surface area contributed by atoms with Gasteiger partial charge in [-0.1, -0.05) is 0 Å². The van der Waals surface area contributed by atoms with Gasteiger partial charge in [-0.3, -0.25) is 4.72 Å². The Balaban J connectivity index is 2.35. The molecule has 2 rings (SSSR count). The number of nitrogens with one attached hydrogen (secondary N) is 1. The SMILES string of the molecule is O=C(O)c1cc(S(=O)(=O)Nc2ccc(I)cc2)c(Br)o1. The van der Waals surface area contributed by atoms with Gasteiger partial charge in [0.2, 0.25) is 5.76 Å². The van der Waals surface area contributed by atoms with Crippen LogP contribution in [0.5, 0.6) is 0 Å². The second kappa shape index (κ2) is 5.74. The maximum Gasteiger partial charge on any atom is 0.371 e. The highest BCUT2D eigenvalue weighted by Crippen LogP contribution is 2.28. The zero-order valence-electron chi connectivity index (χ0n) is 9.63. The van der Waals surface area contributed by atoms with Crippen LogP contribution in [0.25, 0.3) is 0 Å². The average Bonchev–Trinajstić information content (AvgIpc) is 2.75. The molecule has 1 aromatic heterocycles. The van der Waals surface area contributed by atoms with E-state index in [1.165, 1.54) is 0 Å². The van der Waals surface area contributed by atoms with Crippen molar-refractivity contribution in [1.29, 1.82) is 0 Å². The number of halogens is 2. The molecule has 0 amide bonds. The molecule has 2 aromatic rings. The van der Waals surface area contributed by atoms with E-state index in [-0.39, 0.29) is 9.56 Å². The van der Waals surface area contributed by atoms with Crippen molar-refractivity contribution < 1.29 is 22.7 Å². The molecule has 0 spiro atoms. The van der Waals surface area contributed by atoms with Crippen LogP contribution < -0.4 is 4.72 Å². The molecule has 20 heavy (non-hydrogen) atoms. The summed E-state index contributed by atoms with van der Waals surface area (Å²) in [6.07, 6.45) is 0. The summed E-state index contributed by atoms with van der Waals surface area (Å²) in [4.78, 5) is 10.5. The first-order chi connectivity index (χ1) is 9.29. The first-order valence-corrected chi connectivity index (χ1v) is 8.46. The molecule has 1 heterocycles. The van der Waals surface area contributed by atoms with E-state index in [4.69, 9.17) is 9.52 Å². The Labute approximate surface area is 136 Å². The fourth-order valence-corrected chi connectivity index (χ4v) is 3.73. The van der Waals surface area contributed by atoms with Crippen molar-refractivity contribution in [2.45, 2.75) is 4.90 Å². The molecule has 0 saturated carbocycles. The molecule has 6 nitrogen and oxygen atoms in total. The number of carboxylic acid groups (broad SMARTS) is 1. The number of carbonyl (C=O) groups is 1. The van der Waals surface area contributed by atoms with Gasteiger partial charge in [0.25, 0.3) is 10.0 Å². The van der Waals surface area contributed by atoms with Gasteiger partial charge in [0.15, 0.2) is 4.67 Å². The zero-order chi connectivity index (χ0) is 14.9. The number of anilines is 1. The quantitative estimate of drug-likeness (QED) is 0.667. The second-order valence-corrected chi connectivity index (χ2v) is 7.28. The lowest BCUT2D eigenvalue weighted by Gasteiger charge is -2.06. The molecule has 0 saturated heterocycles. The summed E-state index contributed by atoms with van der Waals surface area (Å²) in [5.41, 5.74) is 0.371. The standard InChI is InChI=1S/C11H7BrINO5S/c12-10-9(5-8(19-10)11(15)16)20(17,18)14-7-3-1-6(13)2-4-7/h1-5,14H,(H,15,16). The molecule has 1 aromatic carbocycles. The minimum Gasteiger partial charge on any atom is -0.475 e. The lowest BCUT2D eigenvalue weighted by molar-refractivity contribution is 0.0661. The second-order valence-electron chi connectivity index (χ2n) is 3.67.